The number of anilines is 1. The summed E-state index contributed by atoms with van der Waals surface area (Å²) in [4.78, 5) is 4.55. The van der Waals surface area contributed by atoms with Crippen LogP contribution in [0.1, 0.15) is 30.2 Å². The minimum absolute atomic E-state index is 0.471. The van der Waals surface area contributed by atoms with E-state index in [0.717, 1.165) is 41.6 Å². The van der Waals surface area contributed by atoms with Crippen LogP contribution in [0, 0.1) is 0 Å². The van der Waals surface area contributed by atoms with Crippen LogP contribution in [0.2, 0.25) is 0 Å². The predicted molar refractivity (Wildman–Crippen MR) is 60.8 cm³/mol. The summed E-state index contributed by atoms with van der Waals surface area (Å²) in [5.41, 5.74) is 9.26. The van der Waals surface area contributed by atoms with Crippen LogP contribution in [0.5, 0.6) is 0 Å². The van der Waals surface area contributed by atoms with E-state index in [0.29, 0.717) is 5.69 Å². The maximum atomic E-state index is 9.96. The molecule has 2 aromatic rings. The van der Waals surface area contributed by atoms with E-state index < -0.39 is 6.10 Å². The van der Waals surface area contributed by atoms with E-state index in [-0.39, 0.29) is 0 Å². The summed E-state index contributed by atoms with van der Waals surface area (Å²) in [7, 11) is 1.85. The molecule has 1 aliphatic carbocycles. The number of fused-ring (bicyclic) bond motifs is 2. The van der Waals surface area contributed by atoms with Crippen LogP contribution in [0.4, 0.5) is 5.69 Å². The van der Waals surface area contributed by atoms with Gasteiger partial charge in [0.2, 0.25) is 0 Å². The highest BCUT2D eigenvalue weighted by Gasteiger charge is 2.24. The van der Waals surface area contributed by atoms with E-state index in [9.17, 15) is 5.11 Å². The number of nitrogens with two attached hydrogens (primary N) is 1. The molecule has 1 aliphatic rings. The molecular formula is C11H14N4O. The third-order valence-electron chi connectivity index (χ3n) is 3.26. The van der Waals surface area contributed by atoms with E-state index in [1.54, 1.807) is 10.9 Å². The van der Waals surface area contributed by atoms with Crippen LogP contribution in [0.15, 0.2) is 6.20 Å². The number of nitrogens with zero attached hydrogens (tertiary/aromatic N) is 3. The van der Waals surface area contributed by atoms with Gasteiger partial charge in [0.25, 0.3) is 0 Å². The molecule has 16 heavy (non-hydrogen) atoms. The lowest BCUT2D eigenvalue weighted by Crippen LogP contribution is -2.14. The first kappa shape index (κ1) is 9.59. The van der Waals surface area contributed by atoms with Gasteiger partial charge in [-0.25, -0.2) is 4.98 Å². The lowest BCUT2D eigenvalue weighted by molar-refractivity contribution is 0.156. The monoisotopic (exact) mass is 218 g/mol. The molecule has 0 aromatic carbocycles. The predicted octanol–water partition coefficient (Wildman–Crippen LogP) is 0.920. The quantitative estimate of drug-likeness (QED) is 0.689. The summed E-state index contributed by atoms with van der Waals surface area (Å²) in [5.74, 6) is 0. The highest BCUT2D eigenvalue weighted by molar-refractivity contribution is 5.90. The largest absolute Gasteiger partial charge is 0.398 e. The summed E-state index contributed by atoms with van der Waals surface area (Å²) in [5, 5.41) is 14.9. The fraction of sp³-hybridized carbons (Fsp3) is 0.455. The van der Waals surface area contributed by atoms with Crippen LogP contribution < -0.4 is 5.73 Å². The zero-order valence-corrected chi connectivity index (χ0v) is 9.14. The van der Waals surface area contributed by atoms with Gasteiger partial charge in [-0.3, -0.25) is 4.68 Å². The van der Waals surface area contributed by atoms with E-state index in [4.69, 9.17) is 5.73 Å². The fourth-order valence-corrected chi connectivity index (χ4v) is 2.41. The van der Waals surface area contributed by atoms with Crippen molar-refractivity contribution in [3.05, 3.63) is 17.5 Å². The van der Waals surface area contributed by atoms with Crippen molar-refractivity contribution in [1.29, 1.82) is 0 Å². The molecule has 0 radical (unpaired) electrons. The fourth-order valence-electron chi connectivity index (χ4n) is 2.41. The van der Waals surface area contributed by atoms with Gasteiger partial charge in [-0.1, -0.05) is 0 Å². The molecule has 2 aromatic heterocycles. The van der Waals surface area contributed by atoms with Crippen molar-refractivity contribution >= 4 is 16.7 Å². The first-order valence-electron chi connectivity index (χ1n) is 5.46. The van der Waals surface area contributed by atoms with Gasteiger partial charge in [-0.15, -0.1) is 0 Å². The highest BCUT2D eigenvalue weighted by Crippen LogP contribution is 2.36. The normalized spacial score (nSPS) is 20.0. The Morgan fingerprint density at radius 3 is 3.19 bits per heavy atom. The molecule has 2 heterocycles. The van der Waals surface area contributed by atoms with Crippen molar-refractivity contribution in [2.24, 2.45) is 7.05 Å². The summed E-state index contributed by atoms with van der Waals surface area (Å²) < 4.78 is 1.72. The lowest BCUT2D eigenvalue weighted by atomic mass is 9.91. The zero-order chi connectivity index (χ0) is 11.3. The number of aryl methyl sites for hydroxylation is 2. The number of aliphatic hydroxyl groups excluding tert-OH is 1. The number of aromatic nitrogens is 3. The SMILES string of the molecule is Cn1ncc2c(N)c3c(nc21)CCCC3O. The van der Waals surface area contributed by atoms with Gasteiger partial charge in [0.05, 0.1) is 29.1 Å². The van der Waals surface area contributed by atoms with Gasteiger partial charge < -0.3 is 10.8 Å². The van der Waals surface area contributed by atoms with Crippen molar-refractivity contribution < 1.29 is 5.11 Å². The van der Waals surface area contributed by atoms with Crippen molar-refractivity contribution in [3.8, 4) is 0 Å². The van der Waals surface area contributed by atoms with Crippen LogP contribution in [0.3, 0.4) is 0 Å². The third-order valence-corrected chi connectivity index (χ3v) is 3.26. The number of aliphatic hydroxyl groups is 1. The topological polar surface area (TPSA) is 77.0 Å². The molecule has 3 N–H and O–H groups in total. The Labute approximate surface area is 92.9 Å². The van der Waals surface area contributed by atoms with E-state index in [2.05, 4.69) is 10.1 Å². The maximum absolute atomic E-state index is 9.96. The van der Waals surface area contributed by atoms with Crippen molar-refractivity contribution in [1.82, 2.24) is 14.8 Å². The molecule has 0 amide bonds. The summed E-state index contributed by atoms with van der Waals surface area (Å²) in [6, 6.07) is 0. The van der Waals surface area contributed by atoms with Crippen LogP contribution >= 0.6 is 0 Å². The van der Waals surface area contributed by atoms with E-state index in [1.165, 1.54) is 0 Å². The molecule has 1 unspecified atom stereocenters. The van der Waals surface area contributed by atoms with Crippen molar-refractivity contribution in [2.75, 3.05) is 5.73 Å². The Kier molecular flexibility index (Phi) is 1.91. The number of pyridine rings is 1. The molecule has 0 bridgehead atoms. The zero-order valence-electron chi connectivity index (χ0n) is 9.14. The molecule has 84 valence electrons. The van der Waals surface area contributed by atoms with E-state index in [1.807, 2.05) is 7.05 Å². The van der Waals surface area contributed by atoms with Gasteiger partial charge in [-0.05, 0) is 19.3 Å². The lowest BCUT2D eigenvalue weighted by Gasteiger charge is -2.22. The number of hydrogen-bond donors (Lipinski definition) is 2. The molecule has 1 atom stereocenters. The Hall–Kier alpha value is -1.62. The number of rotatable bonds is 0. The molecule has 3 rings (SSSR count). The number of hydrogen-bond acceptors (Lipinski definition) is 4. The van der Waals surface area contributed by atoms with Gasteiger partial charge in [0.1, 0.15) is 0 Å². The molecule has 5 nitrogen and oxygen atoms in total. The second kappa shape index (κ2) is 3.18. The third kappa shape index (κ3) is 1.15. The van der Waals surface area contributed by atoms with Crippen LogP contribution in [-0.4, -0.2) is 19.9 Å². The van der Waals surface area contributed by atoms with Crippen LogP contribution in [0.25, 0.3) is 11.0 Å². The van der Waals surface area contributed by atoms with Gasteiger partial charge in [0, 0.05) is 12.6 Å². The Bertz CT molecular complexity index is 561. The Balaban J connectivity index is 2.37. The average molecular weight is 218 g/mol. The van der Waals surface area contributed by atoms with Gasteiger partial charge in [-0.2, -0.15) is 5.10 Å². The summed E-state index contributed by atoms with van der Waals surface area (Å²) in [6.45, 7) is 0. The van der Waals surface area contributed by atoms with Gasteiger partial charge >= 0.3 is 0 Å². The highest BCUT2D eigenvalue weighted by atomic mass is 16.3. The van der Waals surface area contributed by atoms with Crippen molar-refractivity contribution in [3.63, 3.8) is 0 Å². The molecule has 0 aliphatic heterocycles. The number of nitrogen functional groups attached to an aromatic ring is 1. The molecule has 5 heteroatoms. The maximum Gasteiger partial charge on any atom is 0.159 e. The smallest absolute Gasteiger partial charge is 0.159 e. The van der Waals surface area contributed by atoms with E-state index >= 15 is 0 Å². The first-order chi connectivity index (χ1) is 7.68. The van der Waals surface area contributed by atoms with Gasteiger partial charge in [0.15, 0.2) is 5.65 Å². The molecule has 0 saturated heterocycles. The Morgan fingerprint density at radius 1 is 1.56 bits per heavy atom. The van der Waals surface area contributed by atoms with Crippen molar-refractivity contribution in [2.45, 2.75) is 25.4 Å². The first-order valence-corrected chi connectivity index (χ1v) is 5.46. The minimum Gasteiger partial charge on any atom is -0.398 e. The molecule has 0 fully saturated rings. The Morgan fingerprint density at radius 2 is 2.38 bits per heavy atom. The second-order valence-corrected chi connectivity index (χ2v) is 4.30. The van der Waals surface area contributed by atoms with Crippen LogP contribution in [-0.2, 0) is 13.5 Å². The average Bonchev–Trinajstić information content (AvgIpc) is 2.61. The second-order valence-electron chi connectivity index (χ2n) is 4.30. The minimum atomic E-state index is -0.471. The molecule has 0 spiro atoms. The molecule has 0 saturated carbocycles. The molecular weight excluding hydrogens is 204 g/mol. The summed E-state index contributed by atoms with van der Waals surface area (Å²) in [6.07, 6.45) is 3.85. The summed E-state index contributed by atoms with van der Waals surface area (Å²) >= 11 is 0. The standard InChI is InChI=1S/C11H14N4O/c1-15-11-6(5-13-15)10(12)9-7(14-11)3-2-4-8(9)16/h5,8,16H,2-4H2,1H3,(H2,12,14).